The molecule has 0 unspecified atom stereocenters. The molecule has 1 aliphatic rings. The Labute approximate surface area is 115 Å². The van der Waals surface area contributed by atoms with Gasteiger partial charge >= 0.3 is 12.1 Å². The van der Waals surface area contributed by atoms with Crippen LogP contribution in [0.25, 0.3) is 0 Å². The second-order valence-electron chi connectivity index (χ2n) is 5.95. The van der Waals surface area contributed by atoms with E-state index in [0.29, 0.717) is 32.0 Å². The molecular formula is C14H25NO4. The quantitative estimate of drug-likeness (QED) is 0.740. The second-order valence-corrected chi connectivity index (χ2v) is 5.95. The normalized spacial score (nSPS) is 17.2. The van der Waals surface area contributed by atoms with Crippen LogP contribution < -0.4 is 0 Å². The molecule has 0 aromatic heterocycles. The number of rotatable bonds is 3. The predicted molar refractivity (Wildman–Crippen MR) is 71.8 cm³/mol. The minimum atomic E-state index is -0.454. The molecule has 0 saturated carbocycles. The largest absolute Gasteiger partial charge is 0.465 e. The van der Waals surface area contributed by atoms with Crippen molar-refractivity contribution in [3.8, 4) is 0 Å². The van der Waals surface area contributed by atoms with Crippen LogP contribution in [0, 0.1) is 5.92 Å². The Balaban J connectivity index is 2.29. The van der Waals surface area contributed by atoms with Crippen LogP contribution in [0.4, 0.5) is 4.79 Å². The highest BCUT2D eigenvalue weighted by Gasteiger charge is 2.27. The van der Waals surface area contributed by atoms with Gasteiger partial charge in [-0.15, -0.1) is 0 Å². The van der Waals surface area contributed by atoms with Gasteiger partial charge in [0.15, 0.2) is 0 Å². The number of carbonyl (C=O) groups excluding carboxylic acids is 2. The smallest absolute Gasteiger partial charge is 0.410 e. The maximum Gasteiger partial charge on any atom is 0.410 e. The van der Waals surface area contributed by atoms with Crippen molar-refractivity contribution in [3.63, 3.8) is 0 Å². The summed E-state index contributed by atoms with van der Waals surface area (Å²) < 4.78 is 10.5. The fourth-order valence-electron chi connectivity index (χ4n) is 1.92. The lowest BCUT2D eigenvalue weighted by atomic mass is 9.98. The summed E-state index contributed by atoms with van der Waals surface area (Å²) >= 11 is 0. The highest BCUT2D eigenvalue weighted by Crippen LogP contribution is 2.20. The molecule has 0 N–H and O–H groups in total. The van der Waals surface area contributed by atoms with Crippen LogP contribution in [0.15, 0.2) is 0 Å². The zero-order chi connectivity index (χ0) is 14.5. The first-order chi connectivity index (χ1) is 8.81. The van der Waals surface area contributed by atoms with Gasteiger partial charge in [0.25, 0.3) is 0 Å². The van der Waals surface area contributed by atoms with Crippen molar-refractivity contribution in [1.29, 1.82) is 0 Å². The van der Waals surface area contributed by atoms with E-state index < -0.39 is 5.60 Å². The van der Waals surface area contributed by atoms with Gasteiger partial charge in [-0.25, -0.2) is 4.79 Å². The number of likely N-dealkylation sites (tertiary alicyclic amines) is 1. The fourth-order valence-corrected chi connectivity index (χ4v) is 1.92. The van der Waals surface area contributed by atoms with Crippen LogP contribution in [0.5, 0.6) is 0 Å². The third-order valence-electron chi connectivity index (χ3n) is 3.03. The molecule has 1 aliphatic heterocycles. The zero-order valence-corrected chi connectivity index (χ0v) is 12.4. The van der Waals surface area contributed by atoms with Gasteiger partial charge in [-0.1, -0.05) is 6.92 Å². The lowest BCUT2D eigenvalue weighted by Gasteiger charge is -2.33. The molecule has 1 rings (SSSR count). The van der Waals surface area contributed by atoms with Crippen molar-refractivity contribution < 1.29 is 19.1 Å². The van der Waals surface area contributed by atoms with Gasteiger partial charge in [-0.2, -0.15) is 0 Å². The topological polar surface area (TPSA) is 55.8 Å². The minimum Gasteiger partial charge on any atom is -0.465 e. The third-order valence-corrected chi connectivity index (χ3v) is 3.03. The highest BCUT2D eigenvalue weighted by atomic mass is 16.6. The first-order valence-corrected chi connectivity index (χ1v) is 6.95. The number of ether oxygens (including phenoxy) is 2. The van der Waals surface area contributed by atoms with Crippen LogP contribution in [-0.2, 0) is 14.3 Å². The number of carbonyl (C=O) groups is 2. The van der Waals surface area contributed by atoms with Crippen LogP contribution in [-0.4, -0.2) is 42.3 Å². The van der Waals surface area contributed by atoms with E-state index in [-0.39, 0.29) is 12.1 Å². The Kier molecular flexibility index (Phi) is 5.63. The summed E-state index contributed by atoms with van der Waals surface area (Å²) in [6.45, 7) is 9.18. The van der Waals surface area contributed by atoms with Crippen LogP contribution >= 0.6 is 0 Å². The Bertz CT molecular complexity index is 314. The number of hydrogen-bond donors (Lipinski definition) is 0. The van der Waals surface area contributed by atoms with E-state index in [2.05, 4.69) is 0 Å². The first kappa shape index (κ1) is 15.8. The summed E-state index contributed by atoms with van der Waals surface area (Å²) in [6.07, 6.45) is 1.87. The minimum absolute atomic E-state index is 0.158. The lowest BCUT2D eigenvalue weighted by molar-refractivity contribution is -0.145. The van der Waals surface area contributed by atoms with E-state index in [1.54, 1.807) is 11.8 Å². The number of esters is 1. The predicted octanol–water partition coefficient (Wildman–Crippen LogP) is 2.59. The summed E-state index contributed by atoms with van der Waals surface area (Å²) in [5.41, 5.74) is -0.454. The molecule has 0 atom stereocenters. The maximum atomic E-state index is 11.9. The van der Waals surface area contributed by atoms with Crippen LogP contribution in [0.2, 0.25) is 0 Å². The standard InChI is InChI=1S/C14H25NO4/c1-5-12(16)18-10-11-6-8-15(9-7-11)13(17)19-14(2,3)4/h11H,5-10H2,1-4H3. The molecule has 0 aromatic carbocycles. The Morgan fingerprint density at radius 3 is 2.26 bits per heavy atom. The number of nitrogens with zero attached hydrogens (tertiary/aromatic N) is 1. The van der Waals surface area contributed by atoms with Crippen molar-refractivity contribution in [3.05, 3.63) is 0 Å². The summed E-state index contributed by atoms with van der Waals surface area (Å²) in [4.78, 5) is 24.7. The number of amides is 1. The molecule has 0 bridgehead atoms. The van der Waals surface area contributed by atoms with E-state index in [1.165, 1.54) is 0 Å². The summed E-state index contributed by atoms with van der Waals surface area (Å²) in [5, 5.41) is 0. The lowest BCUT2D eigenvalue weighted by Crippen LogP contribution is -2.42. The van der Waals surface area contributed by atoms with E-state index in [4.69, 9.17) is 9.47 Å². The maximum absolute atomic E-state index is 11.9. The molecule has 1 fully saturated rings. The number of piperidine rings is 1. The molecule has 1 saturated heterocycles. The molecule has 0 aromatic rings. The molecule has 0 aliphatic carbocycles. The van der Waals surface area contributed by atoms with Crippen LogP contribution in [0.3, 0.4) is 0 Å². The van der Waals surface area contributed by atoms with E-state index in [1.807, 2.05) is 20.8 Å². The first-order valence-electron chi connectivity index (χ1n) is 6.95. The van der Waals surface area contributed by atoms with E-state index >= 15 is 0 Å². The average molecular weight is 271 g/mol. The monoisotopic (exact) mass is 271 g/mol. The number of hydrogen-bond acceptors (Lipinski definition) is 4. The Morgan fingerprint density at radius 1 is 1.21 bits per heavy atom. The van der Waals surface area contributed by atoms with Gasteiger partial charge in [0.2, 0.25) is 0 Å². The van der Waals surface area contributed by atoms with Gasteiger partial charge in [-0.3, -0.25) is 4.79 Å². The molecule has 19 heavy (non-hydrogen) atoms. The molecule has 0 radical (unpaired) electrons. The molecule has 5 heteroatoms. The highest BCUT2D eigenvalue weighted by molar-refractivity contribution is 5.69. The van der Waals surface area contributed by atoms with Gasteiger partial charge in [0, 0.05) is 19.5 Å². The SMILES string of the molecule is CCC(=O)OCC1CCN(C(=O)OC(C)(C)C)CC1. The van der Waals surface area contributed by atoms with Crippen molar-refractivity contribution in [1.82, 2.24) is 4.90 Å². The molecule has 110 valence electrons. The van der Waals surface area contributed by atoms with Crippen LogP contribution in [0.1, 0.15) is 47.0 Å². The molecule has 5 nitrogen and oxygen atoms in total. The van der Waals surface area contributed by atoms with Crippen molar-refractivity contribution in [2.45, 2.75) is 52.6 Å². The third kappa shape index (κ3) is 5.94. The summed E-state index contributed by atoms with van der Waals surface area (Å²) in [7, 11) is 0. The van der Waals surface area contributed by atoms with E-state index in [0.717, 1.165) is 12.8 Å². The fraction of sp³-hybridized carbons (Fsp3) is 0.857. The van der Waals surface area contributed by atoms with Gasteiger partial charge in [0.1, 0.15) is 5.60 Å². The Morgan fingerprint density at radius 2 is 1.79 bits per heavy atom. The summed E-state index contributed by atoms with van der Waals surface area (Å²) in [6, 6.07) is 0. The molecule has 1 heterocycles. The van der Waals surface area contributed by atoms with Gasteiger partial charge in [-0.05, 0) is 39.5 Å². The van der Waals surface area contributed by atoms with E-state index in [9.17, 15) is 9.59 Å². The molecule has 0 spiro atoms. The second kappa shape index (κ2) is 6.78. The van der Waals surface area contributed by atoms with Crippen molar-refractivity contribution in [2.75, 3.05) is 19.7 Å². The molecular weight excluding hydrogens is 246 g/mol. The Hall–Kier alpha value is -1.26. The van der Waals surface area contributed by atoms with Gasteiger partial charge in [0.05, 0.1) is 6.61 Å². The van der Waals surface area contributed by atoms with Crippen molar-refractivity contribution in [2.24, 2.45) is 5.92 Å². The zero-order valence-electron chi connectivity index (χ0n) is 12.4. The average Bonchev–Trinajstić information content (AvgIpc) is 2.34. The van der Waals surface area contributed by atoms with Crippen molar-refractivity contribution >= 4 is 12.1 Å². The molecule has 1 amide bonds. The van der Waals surface area contributed by atoms with Gasteiger partial charge < -0.3 is 14.4 Å². The summed E-state index contributed by atoms with van der Waals surface area (Å²) in [5.74, 6) is 0.198.